The number of thiophene rings is 1. The highest BCUT2D eigenvalue weighted by Crippen LogP contribution is 2.28. The highest BCUT2D eigenvalue weighted by Gasteiger charge is 2.28. The maximum Gasteiger partial charge on any atom is 0.0245 e. The molecule has 0 bridgehead atoms. The first kappa shape index (κ1) is 14.0. The Balaban J connectivity index is 1.64. The highest BCUT2D eigenvalue weighted by molar-refractivity contribution is 7.07. The van der Waals surface area contributed by atoms with Crippen molar-refractivity contribution in [3.05, 3.63) is 22.4 Å². The van der Waals surface area contributed by atoms with Crippen molar-refractivity contribution in [3.63, 3.8) is 0 Å². The van der Waals surface area contributed by atoms with Crippen molar-refractivity contribution in [2.75, 3.05) is 19.6 Å². The summed E-state index contributed by atoms with van der Waals surface area (Å²) in [6, 6.07) is 3.11. The van der Waals surface area contributed by atoms with Crippen LogP contribution in [0.1, 0.15) is 38.7 Å². The van der Waals surface area contributed by atoms with Crippen molar-refractivity contribution in [2.45, 2.75) is 45.7 Å². The summed E-state index contributed by atoms with van der Waals surface area (Å²) in [4.78, 5) is 2.64. The fourth-order valence-corrected chi connectivity index (χ4v) is 2.85. The van der Waals surface area contributed by atoms with Gasteiger partial charge in [0.2, 0.25) is 0 Å². The van der Waals surface area contributed by atoms with E-state index in [0.29, 0.717) is 0 Å². The SMILES string of the molecule is CC(C)CCNCCN(Cc1ccsc1)C1CC1. The summed E-state index contributed by atoms with van der Waals surface area (Å²) in [6.07, 6.45) is 4.08. The molecule has 0 aromatic carbocycles. The van der Waals surface area contributed by atoms with E-state index in [1.807, 2.05) is 0 Å². The minimum atomic E-state index is 0.808. The van der Waals surface area contributed by atoms with E-state index >= 15 is 0 Å². The molecule has 1 aromatic rings. The molecule has 0 saturated heterocycles. The molecule has 0 unspecified atom stereocenters. The van der Waals surface area contributed by atoms with Gasteiger partial charge in [-0.25, -0.2) is 0 Å². The molecule has 18 heavy (non-hydrogen) atoms. The summed E-state index contributed by atoms with van der Waals surface area (Å²) in [5.41, 5.74) is 1.48. The maximum absolute atomic E-state index is 3.57. The second kappa shape index (κ2) is 7.27. The third-order valence-electron chi connectivity index (χ3n) is 3.50. The van der Waals surface area contributed by atoms with E-state index in [-0.39, 0.29) is 0 Å². The van der Waals surface area contributed by atoms with Crippen LogP contribution in [0.25, 0.3) is 0 Å². The number of hydrogen-bond donors (Lipinski definition) is 1. The van der Waals surface area contributed by atoms with Gasteiger partial charge in [0.05, 0.1) is 0 Å². The zero-order chi connectivity index (χ0) is 12.8. The average molecular weight is 266 g/mol. The Morgan fingerprint density at radius 3 is 2.83 bits per heavy atom. The highest BCUT2D eigenvalue weighted by atomic mass is 32.1. The second-order valence-corrected chi connectivity index (χ2v) is 6.55. The van der Waals surface area contributed by atoms with Crippen LogP contribution < -0.4 is 5.32 Å². The maximum atomic E-state index is 3.57. The van der Waals surface area contributed by atoms with Crippen molar-refractivity contribution in [1.82, 2.24) is 10.2 Å². The largest absolute Gasteiger partial charge is 0.315 e. The molecule has 102 valence electrons. The van der Waals surface area contributed by atoms with E-state index in [9.17, 15) is 0 Å². The topological polar surface area (TPSA) is 15.3 Å². The van der Waals surface area contributed by atoms with Gasteiger partial charge in [-0.05, 0) is 54.1 Å². The normalized spacial score (nSPS) is 15.8. The van der Waals surface area contributed by atoms with E-state index in [4.69, 9.17) is 0 Å². The van der Waals surface area contributed by atoms with Crippen molar-refractivity contribution < 1.29 is 0 Å². The summed E-state index contributed by atoms with van der Waals surface area (Å²) in [5, 5.41) is 8.03. The molecule has 1 aromatic heterocycles. The van der Waals surface area contributed by atoms with Crippen molar-refractivity contribution >= 4 is 11.3 Å². The predicted octanol–water partition coefficient (Wildman–Crippen LogP) is 3.35. The molecule has 1 N–H and O–H groups in total. The molecule has 3 heteroatoms. The molecule has 1 aliphatic rings. The molecule has 0 spiro atoms. The second-order valence-electron chi connectivity index (χ2n) is 5.77. The smallest absolute Gasteiger partial charge is 0.0245 e. The zero-order valence-corrected chi connectivity index (χ0v) is 12.5. The van der Waals surface area contributed by atoms with Crippen LogP contribution >= 0.6 is 11.3 Å². The van der Waals surface area contributed by atoms with Gasteiger partial charge in [-0.1, -0.05) is 13.8 Å². The Morgan fingerprint density at radius 1 is 1.39 bits per heavy atom. The number of rotatable bonds is 9. The third kappa shape index (κ3) is 5.09. The van der Waals surface area contributed by atoms with Crippen molar-refractivity contribution in [3.8, 4) is 0 Å². The number of nitrogens with zero attached hydrogens (tertiary/aromatic N) is 1. The van der Waals surface area contributed by atoms with Crippen LogP contribution in [-0.4, -0.2) is 30.6 Å². The quantitative estimate of drug-likeness (QED) is 0.690. The van der Waals surface area contributed by atoms with Crippen LogP contribution in [0.2, 0.25) is 0 Å². The van der Waals surface area contributed by atoms with E-state index in [2.05, 4.69) is 40.9 Å². The molecular formula is C15H26N2S. The fraction of sp³-hybridized carbons (Fsp3) is 0.733. The fourth-order valence-electron chi connectivity index (χ4n) is 2.19. The summed E-state index contributed by atoms with van der Waals surface area (Å²) in [6.45, 7) is 9.20. The lowest BCUT2D eigenvalue weighted by Gasteiger charge is -2.21. The van der Waals surface area contributed by atoms with Gasteiger partial charge in [0, 0.05) is 25.7 Å². The Kier molecular flexibility index (Phi) is 5.67. The average Bonchev–Trinajstić information content (AvgIpc) is 3.05. The number of nitrogens with one attached hydrogen (secondary N) is 1. The predicted molar refractivity (Wildman–Crippen MR) is 80.1 cm³/mol. The first-order valence-electron chi connectivity index (χ1n) is 7.21. The molecule has 2 rings (SSSR count). The van der Waals surface area contributed by atoms with E-state index in [1.54, 1.807) is 11.3 Å². The van der Waals surface area contributed by atoms with E-state index in [0.717, 1.165) is 31.6 Å². The van der Waals surface area contributed by atoms with Crippen LogP contribution in [0.15, 0.2) is 16.8 Å². The summed E-state index contributed by atoms with van der Waals surface area (Å²) < 4.78 is 0. The van der Waals surface area contributed by atoms with Crippen molar-refractivity contribution in [2.24, 2.45) is 5.92 Å². The molecule has 0 amide bonds. The zero-order valence-electron chi connectivity index (χ0n) is 11.7. The molecular weight excluding hydrogens is 240 g/mol. The Labute approximate surface area is 115 Å². The molecule has 1 heterocycles. The van der Waals surface area contributed by atoms with Gasteiger partial charge >= 0.3 is 0 Å². The summed E-state index contributed by atoms with van der Waals surface area (Å²) in [7, 11) is 0. The van der Waals surface area contributed by atoms with Gasteiger partial charge in [0.25, 0.3) is 0 Å². The minimum absolute atomic E-state index is 0.808. The Bertz CT molecular complexity index is 317. The third-order valence-corrected chi connectivity index (χ3v) is 4.24. The van der Waals surface area contributed by atoms with Crippen LogP contribution in [0, 0.1) is 5.92 Å². The van der Waals surface area contributed by atoms with Gasteiger partial charge in [0.15, 0.2) is 0 Å². The lowest BCUT2D eigenvalue weighted by atomic mass is 10.1. The molecule has 1 saturated carbocycles. The molecule has 1 aliphatic carbocycles. The van der Waals surface area contributed by atoms with Crippen molar-refractivity contribution in [1.29, 1.82) is 0 Å². The van der Waals surface area contributed by atoms with Gasteiger partial charge in [0.1, 0.15) is 0 Å². The molecule has 2 nitrogen and oxygen atoms in total. The number of hydrogen-bond acceptors (Lipinski definition) is 3. The van der Waals surface area contributed by atoms with Crippen LogP contribution in [-0.2, 0) is 6.54 Å². The standard InChI is InChI=1S/C15H26N2S/c1-13(2)5-7-16-8-9-17(15-3-4-15)11-14-6-10-18-12-14/h6,10,12-13,15-16H,3-5,7-9,11H2,1-2H3. The molecule has 0 radical (unpaired) electrons. The van der Waals surface area contributed by atoms with E-state index in [1.165, 1.54) is 31.4 Å². The minimum Gasteiger partial charge on any atom is -0.315 e. The van der Waals surface area contributed by atoms with Crippen LogP contribution in [0.5, 0.6) is 0 Å². The lowest BCUT2D eigenvalue weighted by molar-refractivity contribution is 0.254. The Hall–Kier alpha value is -0.380. The first-order chi connectivity index (χ1) is 8.75. The van der Waals surface area contributed by atoms with E-state index < -0.39 is 0 Å². The van der Waals surface area contributed by atoms with Gasteiger partial charge in [-0.3, -0.25) is 4.90 Å². The molecule has 1 fully saturated rings. The molecule has 0 aliphatic heterocycles. The van der Waals surface area contributed by atoms with Crippen LogP contribution in [0.4, 0.5) is 0 Å². The summed E-state index contributed by atoms with van der Waals surface area (Å²) >= 11 is 1.81. The summed E-state index contributed by atoms with van der Waals surface area (Å²) in [5.74, 6) is 0.808. The van der Waals surface area contributed by atoms with Crippen LogP contribution in [0.3, 0.4) is 0 Å². The monoisotopic (exact) mass is 266 g/mol. The van der Waals surface area contributed by atoms with Gasteiger partial charge < -0.3 is 5.32 Å². The van der Waals surface area contributed by atoms with Gasteiger partial charge in [-0.15, -0.1) is 0 Å². The first-order valence-corrected chi connectivity index (χ1v) is 8.16. The van der Waals surface area contributed by atoms with Gasteiger partial charge in [-0.2, -0.15) is 11.3 Å². The molecule has 0 atom stereocenters. The Morgan fingerprint density at radius 2 is 2.22 bits per heavy atom. The lowest BCUT2D eigenvalue weighted by Crippen LogP contribution is -2.33.